The van der Waals surface area contributed by atoms with E-state index in [1.165, 1.54) is 18.4 Å². The maximum Gasteiger partial charge on any atom is 0.123 e. The predicted octanol–water partition coefficient (Wildman–Crippen LogP) is 2.14. The molecule has 0 aliphatic heterocycles. The number of hydrogen-bond acceptors (Lipinski definition) is 2. The van der Waals surface area contributed by atoms with Gasteiger partial charge in [-0.2, -0.15) is 0 Å². The summed E-state index contributed by atoms with van der Waals surface area (Å²) in [5.41, 5.74) is 6.77. The summed E-state index contributed by atoms with van der Waals surface area (Å²) in [4.78, 5) is 0. The normalized spacial score (nSPS) is 18.9. The molecule has 1 aliphatic carbocycles. The summed E-state index contributed by atoms with van der Waals surface area (Å²) in [7, 11) is 0. The van der Waals surface area contributed by atoms with Crippen molar-refractivity contribution in [2.45, 2.75) is 31.2 Å². The molecule has 0 unspecified atom stereocenters. The van der Waals surface area contributed by atoms with Crippen molar-refractivity contribution in [1.82, 2.24) is 5.32 Å². The molecule has 3 N–H and O–H groups in total. The number of nitrogens with two attached hydrogens (primary N) is 1. The lowest BCUT2D eigenvalue weighted by Gasteiger charge is -2.31. The molecule has 0 heterocycles. The van der Waals surface area contributed by atoms with E-state index >= 15 is 0 Å². The smallest absolute Gasteiger partial charge is 0.123 e. The number of hydrogen-bond donors (Lipinski definition) is 2. The Hall–Kier alpha value is -0.930. The highest BCUT2D eigenvalue weighted by molar-refractivity contribution is 5.26. The SMILES string of the molecule is NCCNC1(c2ccc(F)cc2)CCCC1. The standard InChI is InChI=1S/C13H19FN2/c14-12-5-3-11(4-6-12)13(16-10-9-15)7-1-2-8-13/h3-6,16H,1-2,7-10,15H2. The third kappa shape index (κ3) is 2.25. The van der Waals surface area contributed by atoms with Crippen LogP contribution in [0, 0.1) is 5.82 Å². The molecular formula is C13H19FN2. The van der Waals surface area contributed by atoms with Gasteiger partial charge in [-0.05, 0) is 30.5 Å². The molecular weight excluding hydrogens is 203 g/mol. The number of nitrogens with one attached hydrogen (secondary N) is 1. The Kier molecular flexibility index (Phi) is 3.56. The molecule has 0 saturated heterocycles. The maximum absolute atomic E-state index is 12.9. The van der Waals surface area contributed by atoms with Crippen LogP contribution in [0.3, 0.4) is 0 Å². The van der Waals surface area contributed by atoms with E-state index in [0.29, 0.717) is 6.54 Å². The lowest BCUT2D eigenvalue weighted by Crippen LogP contribution is -2.42. The quantitative estimate of drug-likeness (QED) is 0.819. The molecule has 0 spiro atoms. The minimum absolute atomic E-state index is 0.0348. The number of halogens is 1. The van der Waals surface area contributed by atoms with Crippen LogP contribution in [0.2, 0.25) is 0 Å². The Labute approximate surface area is 96.0 Å². The zero-order valence-electron chi connectivity index (χ0n) is 9.51. The summed E-state index contributed by atoms with van der Waals surface area (Å²) in [5.74, 6) is -0.171. The second-order valence-corrected chi connectivity index (χ2v) is 4.51. The zero-order chi connectivity index (χ0) is 11.4. The highest BCUT2D eigenvalue weighted by Crippen LogP contribution is 2.38. The first-order chi connectivity index (χ1) is 7.77. The van der Waals surface area contributed by atoms with Crippen molar-refractivity contribution in [2.24, 2.45) is 5.73 Å². The fraction of sp³-hybridized carbons (Fsp3) is 0.538. The van der Waals surface area contributed by atoms with Crippen LogP contribution in [0.1, 0.15) is 31.2 Å². The lowest BCUT2D eigenvalue weighted by atomic mass is 9.88. The molecule has 88 valence electrons. The van der Waals surface area contributed by atoms with Gasteiger partial charge >= 0.3 is 0 Å². The van der Waals surface area contributed by atoms with E-state index < -0.39 is 0 Å². The van der Waals surface area contributed by atoms with E-state index in [0.717, 1.165) is 19.4 Å². The first-order valence-corrected chi connectivity index (χ1v) is 5.98. The van der Waals surface area contributed by atoms with Gasteiger partial charge in [-0.3, -0.25) is 0 Å². The molecule has 1 aromatic rings. The average molecular weight is 222 g/mol. The first kappa shape index (κ1) is 11.6. The minimum Gasteiger partial charge on any atom is -0.329 e. The Morgan fingerprint density at radius 1 is 1.19 bits per heavy atom. The van der Waals surface area contributed by atoms with Gasteiger partial charge in [0.25, 0.3) is 0 Å². The van der Waals surface area contributed by atoms with E-state index in [1.54, 1.807) is 12.1 Å². The summed E-state index contributed by atoms with van der Waals surface area (Å²) in [6.45, 7) is 1.46. The van der Waals surface area contributed by atoms with Gasteiger partial charge in [0, 0.05) is 18.6 Å². The van der Waals surface area contributed by atoms with Crippen LogP contribution in [-0.4, -0.2) is 13.1 Å². The van der Waals surface area contributed by atoms with Gasteiger partial charge in [0.1, 0.15) is 5.82 Å². The molecule has 0 aromatic heterocycles. The zero-order valence-corrected chi connectivity index (χ0v) is 9.51. The van der Waals surface area contributed by atoms with Gasteiger partial charge in [-0.25, -0.2) is 4.39 Å². The molecule has 2 rings (SSSR count). The Balaban J connectivity index is 2.21. The lowest BCUT2D eigenvalue weighted by molar-refractivity contribution is 0.346. The largest absolute Gasteiger partial charge is 0.329 e. The summed E-state index contributed by atoms with van der Waals surface area (Å²) < 4.78 is 12.9. The van der Waals surface area contributed by atoms with Crippen molar-refractivity contribution in [3.05, 3.63) is 35.6 Å². The fourth-order valence-corrected chi connectivity index (χ4v) is 2.63. The molecule has 0 atom stereocenters. The van der Waals surface area contributed by atoms with Crippen LogP contribution >= 0.6 is 0 Å². The van der Waals surface area contributed by atoms with Gasteiger partial charge in [0.05, 0.1) is 0 Å². The van der Waals surface area contributed by atoms with Gasteiger partial charge in [-0.15, -0.1) is 0 Å². The molecule has 0 bridgehead atoms. The predicted molar refractivity (Wildman–Crippen MR) is 63.6 cm³/mol. The summed E-state index contributed by atoms with van der Waals surface area (Å²) >= 11 is 0. The van der Waals surface area contributed by atoms with Gasteiger partial charge in [-0.1, -0.05) is 25.0 Å². The molecule has 1 aliphatic rings. The van der Waals surface area contributed by atoms with E-state index in [-0.39, 0.29) is 11.4 Å². The summed E-state index contributed by atoms with van der Waals surface area (Å²) in [5, 5.41) is 3.53. The highest BCUT2D eigenvalue weighted by atomic mass is 19.1. The van der Waals surface area contributed by atoms with Crippen LogP contribution < -0.4 is 11.1 Å². The first-order valence-electron chi connectivity index (χ1n) is 5.98. The van der Waals surface area contributed by atoms with Crippen molar-refractivity contribution < 1.29 is 4.39 Å². The van der Waals surface area contributed by atoms with Gasteiger partial charge < -0.3 is 11.1 Å². The minimum atomic E-state index is -0.171. The molecule has 16 heavy (non-hydrogen) atoms. The van der Waals surface area contributed by atoms with Gasteiger partial charge in [0.2, 0.25) is 0 Å². The van der Waals surface area contributed by atoms with E-state index in [9.17, 15) is 4.39 Å². The van der Waals surface area contributed by atoms with Crippen LogP contribution in [-0.2, 0) is 5.54 Å². The Bertz CT molecular complexity index is 328. The van der Waals surface area contributed by atoms with Crippen LogP contribution in [0.4, 0.5) is 4.39 Å². The third-order valence-corrected chi connectivity index (χ3v) is 3.46. The van der Waals surface area contributed by atoms with Crippen LogP contribution in [0.25, 0.3) is 0 Å². The maximum atomic E-state index is 12.9. The number of rotatable bonds is 4. The van der Waals surface area contributed by atoms with E-state index in [4.69, 9.17) is 5.73 Å². The fourth-order valence-electron chi connectivity index (χ4n) is 2.63. The molecule has 2 nitrogen and oxygen atoms in total. The van der Waals surface area contributed by atoms with Crippen LogP contribution in [0.5, 0.6) is 0 Å². The van der Waals surface area contributed by atoms with Crippen molar-refractivity contribution in [2.75, 3.05) is 13.1 Å². The second kappa shape index (κ2) is 4.93. The Morgan fingerprint density at radius 3 is 2.38 bits per heavy atom. The molecule has 3 heteroatoms. The monoisotopic (exact) mass is 222 g/mol. The topological polar surface area (TPSA) is 38.0 Å². The van der Waals surface area contributed by atoms with E-state index in [1.807, 2.05) is 12.1 Å². The molecule has 1 saturated carbocycles. The molecule has 0 radical (unpaired) electrons. The Morgan fingerprint density at radius 2 is 1.81 bits per heavy atom. The van der Waals surface area contributed by atoms with E-state index in [2.05, 4.69) is 5.32 Å². The highest BCUT2D eigenvalue weighted by Gasteiger charge is 2.34. The third-order valence-electron chi connectivity index (χ3n) is 3.46. The number of benzene rings is 1. The van der Waals surface area contributed by atoms with Gasteiger partial charge in [0.15, 0.2) is 0 Å². The average Bonchev–Trinajstić information content (AvgIpc) is 2.77. The second-order valence-electron chi connectivity index (χ2n) is 4.51. The molecule has 1 fully saturated rings. The summed E-state index contributed by atoms with van der Waals surface area (Å²) in [6, 6.07) is 6.87. The van der Waals surface area contributed by atoms with Crippen molar-refractivity contribution in [3.63, 3.8) is 0 Å². The van der Waals surface area contributed by atoms with Crippen molar-refractivity contribution >= 4 is 0 Å². The molecule has 0 amide bonds. The van der Waals surface area contributed by atoms with Crippen molar-refractivity contribution in [3.8, 4) is 0 Å². The molecule has 1 aromatic carbocycles. The van der Waals surface area contributed by atoms with Crippen LogP contribution in [0.15, 0.2) is 24.3 Å². The summed E-state index contributed by atoms with van der Waals surface area (Å²) in [6.07, 6.45) is 4.71. The van der Waals surface area contributed by atoms with Crippen molar-refractivity contribution in [1.29, 1.82) is 0 Å².